The van der Waals surface area contributed by atoms with E-state index in [4.69, 9.17) is 0 Å². The zero-order chi connectivity index (χ0) is 14.4. The number of nitrogens with one attached hydrogen (secondary N) is 1. The predicted octanol–water partition coefficient (Wildman–Crippen LogP) is 1.52. The lowest BCUT2D eigenvalue weighted by molar-refractivity contribution is -0.127. The van der Waals surface area contributed by atoms with Gasteiger partial charge in [0, 0.05) is 20.6 Å². The van der Waals surface area contributed by atoms with Gasteiger partial charge in [-0.2, -0.15) is 0 Å². The molecule has 1 rings (SSSR count). The number of aliphatic hydroxyl groups excluding tert-OH is 1. The fourth-order valence-electron chi connectivity index (χ4n) is 1.69. The van der Waals surface area contributed by atoms with Crippen molar-refractivity contribution in [1.29, 1.82) is 0 Å². The molecule has 1 aromatic rings. The quantitative estimate of drug-likeness (QED) is 0.819. The summed E-state index contributed by atoms with van der Waals surface area (Å²) in [7, 11) is 3.43. The molecule has 106 valence electrons. The molecule has 0 saturated heterocycles. The molecule has 2 N–H and O–H groups in total. The van der Waals surface area contributed by atoms with Gasteiger partial charge in [-0.15, -0.1) is 0 Å². The molecular formula is C15H24N2O2. The summed E-state index contributed by atoms with van der Waals surface area (Å²) >= 11 is 0. The summed E-state index contributed by atoms with van der Waals surface area (Å²) in [5, 5.41) is 13.0. The fourth-order valence-corrected chi connectivity index (χ4v) is 1.69. The number of amides is 1. The number of aliphatic hydroxyl groups is 1. The first-order valence-corrected chi connectivity index (χ1v) is 6.60. The molecule has 0 heterocycles. The van der Waals surface area contributed by atoms with Gasteiger partial charge in [0.2, 0.25) is 5.91 Å². The number of rotatable bonds is 6. The Hall–Kier alpha value is -1.39. The van der Waals surface area contributed by atoms with E-state index in [1.807, 2.05) is 24.3 Å². The molecule has 0 bridgehead atoms. The number of carbonyl (C=O) groups is 1. The molecule has 0 aromatic heterocycles. The molecular weight excluding hydrogens is 240 g/mol. The molecule has 19 heavy (non-hydrogen) atoms. The zero-order valence-electron chi connectivity index (χ0n) is 12.2. The van der Waals surface area contributed by atoms with E-state index in [9.17, 15) is 9.90 Å². The second-order valence-electron chi connectivity index (χ2n) is 5.26. The van der Waals surface area contributed by atoms with Crippen molar-refractivity contribution in [1.82, 2.24) is 10.2 Å². The normalized spacial score (nSPS) is 12.5. The van der Waals surface area contributed by atoms with Crippen molar-refractivity contribution in [2.75, 3.05) is 27.2 Å². The molecule has 0 aliphatic carbocycles. The summed E-state index contributed by atoms with van der Waals surface area (Å²) in [6.07, 6.45) is -0.587. The van der Waals surface area contributed by atoms with Gasteiger partial charge in [0.1, 0.15) is 0 Å². The van der Waals surface area contributed by atoms with Crippen LogP contribution in [0.2, 0.25) is 0 Å². The maximum atomic E-state index is 11.4. The Morgan fingerprint density at radius 2 is 1.74 bits per heavy atom. The number of nitrogens with zero attached hydrogens (tertiary/aromatic N) is 1. The minimum atomic E-state index is -0.587. The smallest absolute Gasteiger partial charge is 0.236 e. The minimum absolute atomic E-state index is 0.00218. The van der Waals surface area contributed by atoms with Gasteiger partial charge < -0.3 is 15.3 Å². The molecule has 4 nitrogen and oxygen atoms in total. The van der Waals surface area contributed by atoms with Gasteiger partial charge in [0.15, 0.2) is 0 Å². The van der Waals surface area contributed by atoms with Crippen molar-refractivity contribution in [2.45, 2.75) is 25.9 Å². The maximum absolute atomic E-state index is 11.4. The highest BCUT2D eigenvalue weighted by molar-refractivity contribution is 5.77. The maximum Gasteiger partial charge on any atom is 0.236 e. The Morgan fingerprint density at radius 1 is 1.21 bits per heavy atom. The third kappa shape index (κ3) is 5.01. The van der Waals surface area contributed by atoms with Crippen molar-refractivity contribution in [3.63, 3.8) is 0 Å². The SMILES string of the molecule is CC(C)c1ccc(C(O)CNCC(=O)N(C)C)cc1. The average Bonchev–Trinajstić information content (AvgIpc) is 2.38. The highest BCUT2D eigenvalue weighted by atomic mass is 16.3. The van der Waals surface area contributed by atoms with Gasteiger partial charge in [-0.1, -0.05) is 38.1 Å². The molecule has 0 aliphatic heterocycles. The van der Waals surface area contributed by atoms with Crippen LogP contribution in [-0.2, 0) is 4.79 Å². The van der Waals surface area contributed by atoms with E-state index in [0.29, 0.717) is 12.5 Å². The van der Waals surface area contributed by atoms with Crippen LogP contribution in [0, 0.1) is 0 Å². The Balaban J connectivity index is 2.45. The van der Waals surface area contributed by atoms with E-state index in [0.717, 1.165) is 5.56 Å². The third-order valence-corrected chi connectivity index (χ3v) is 3.10. The van der Waals surface area contributed by atoms with Gasteiger partial charge in [0.05, 0.1) is 12.6 Å². The van der Waals surface area contributed by atoms with E-state index in [1.54, 1.807) is 14.1 Å². The molecule has 1 atom stereocenters. The number of benzene rings is 1. The molecule has 1 unspecified atom stereocenters. The van der Waals surface area contributed by atoms with Gasteiger partial charge in [-0.25, -0.2) is 0 Å². The van der Waals surface area contributed by atoms with E-state index < -0.39 is 6.10 Å². The Labute approximate surface area is 115 Å². The molecule has 0 fully saturated rings. The topological polar surface area (TPSA) is 52.6 Å². The molecule has 0 aliphatic rings. The molecule has 1 aromatic carbocycles. The summed E-state index contributed by atoms with van der Waals surface area (Å²) in [4.78, 5) is 12.9. The summed E-state index contributed by atoms with van der Waals surface area (Å²) in [6, 6.07) is 7.95. The molecule has 0 spiro atoms. The van der Waals surface area contributed by atoms with Gasteiger partial charge in [-0.3, -0.25) is 4.79 Å². The van der Waals surface area contributed by atoms with Gasteiger partial charge in [0.25, 0.3) is 0 Å². The number of hydrogen-bond donors (Lipinski definition) is 2. The number of likely N-dealkylation sites (N-methyl/N-ethyl adjacent to an activating group) is 1. The molecule has 0 saturated carbocycles. The van der Waals surface area contributed by atoms with Crippen LogP contribution < -0.4 is 5.32 Å². The van der Waals surface area contributed by atoms with E-state index in [-0.39, 0.29) is 12.5 Å². The van der Waals surface area contributed by atoms with Crippen LogP contribution in [0.5, 0.6) is 0 Å². The summed E-state index contributed by atoms with van der Waals surface area (Å²) in [6.45, 7) is 4.90. The largest absolute Gasteiger partial charge is 0.387 e. The van der Waals surface area contributed by atoms with Crippen LogP contribution in [0.4, 0.5) is 0 Å². The second kappa shape index (κ2) is 7.26. The Kier molecular flexibility index (Phi) is 5.99. The summed E-state index contributed by atoms with van der Waals surface area (Å²) in [5.74, 6) is 0.490. The average molecular weight is 264 g/mol. The molecule has 0 radical (unpaired) electrons. The molecule has 4 heteroatoms. The highest BCUT2D eigenvalue weighted by Gasteiger charge is 2.09. The number of carbonyl (C=O) groups excluding carboxylic acids is 1. The predicted molar refractivity (Wildman–Crippen MR) is 77.1 cm³/mol. The fraction of sp³-hybridized carbons (Fsp3) is 0.533. The van der Waals surface area contributed by atoms with Crippen LogP contribution in [0.1, 0.15) is 37.0 Å². The molecule has 1 amide bonds. The van der Waals surface area contributed by atoms with E-state index >= 15 is 0 Å². The van der Waals surface area contributed by atoms with Crippen LogP contribution >= 0.6 is 0 Å². The first-order chi connectivity index (χ1) is 8.91. The Bertz CT molecular complexity index is 399. The summed E-state index contributed by atoms with van der Waals surface area (Å²) in [5.41, 5.74) is 2.13. The monoisotopic (exact) mass is 264 g/mol. The first-order valence-electron chi connectivity index (χ1n) is 6.60. The van der Waals surface area contributed by atoms with Crippen LogP contribution in [0.25, 0.3) is 0 Å². The lowest BCUT2D eigenvalue weighted by atomic mass is 10.00. The van der Waals surface area contributed by atoms with Gasteiger partial charge >= 0.3 is 0 Å². The summed E-state index contributed by atoms with van der Waals surface area (Å²) < 4.78 is 0. The van der Waals surface area contributed by atoms with Crippen LogP contribution in [0.15, 0.2) is 24.3 Å². The van der Waals surface area contributed by atoms with Gasteiger partial charge in [-0.05, 0) is 17.0 Å². The standard InChI is InChI=1S/C15H24N2O2/c1-11(2)12-5-7-13(8-6-12)14(18)9-16-10-15(19)17(3)4/h5-8,11,14,16,18H,9-10H2,1-4H3. The minimum Gasteiger partial charge on any atom is -0.387 e. The Morgan fingerprint density at radius 3 is 2.21 bits per heavy atom. The third-order valence-electron chi connectivity index (χ3n) is 3.10. The highest BCUT2D eigenvalue weighted by Crippen LogP contribution is 2.18. The lowest BCUT2D eigenvalue weighted by Crippen LogP contribution is -2.34. The van der Waals surface area contributed by atoms with Crippen molar-refractivity contribution >= 4 is 5.91 Å². The van der Waals surface area contributed by atoms with E-state index in [1.165, 1.54) is 10.5 Å². The van der Waals surface area contributed by atoms with E-state index in [2.05, 4.69) is 19.2 Å². The zero-order valence-corrected chi connectivity index (χ0v) is 12.2. The van der Waals surface area contributed by atoms with Crippen LogP contribution in [-0.4, -0.2) is 43.1 Å². The van der Waals surface area contributed by atoms with Crippen molar-refractivity contribution in [2.24, 2.45) is 0 Å². The van der Waals surface area contributed by atoms with Crippen molar-refractivity contribution in [3.05, 3.63) is 35.4 Å². The van der Waals surface area contributed by atoms with Crippen molar-refractivity contribution < 1.29 is 9.90 Å². The second-order valence-corrected chi connectivity index (χ2v) is 5.26. The van der Waals surface area contributed by atoms with Crippen LogP contribution in [0.3, 0.4) is 0 Å². The number of hydrogen-bond acceptors (Lipinski definition) is 3. The lowest BCUT2D eigenvalue weighted by Gasteiger charge is -2.15. The van der Waals surface area contributed by atoms with Crippen molar-refractivity contribution in [3.8, 4) is 0 Å². The first kappa shape index (κ1) is 15.7.